The van der Waals surface area contributed by atoms with Crippen molar-refractivity contribution in [3.8, 4) is 17.2 Å². The molecule has 1 aromatic carbocycles. The molecule has 0 bridgehead atoms. The Morgan fingerprint density at radius 1 is 0.962 bits per heavy atom. The van der Waals surface area contributed by atoms with Crippen LogP contribution in [-0.2, 0) is 12.8 Å². The number of hydrogen-bond acceptors (Lipinski definition) is 4. The Balaban J connectivity index is 3.16. The number of carboxylic acid groups (broad SMARTS) is 1. The number of hydrogen-bond donors (Lipinski definition) is 2. The lowest BCUT2D eigenvalue weighted by atomic mass is 9.96. The van der Waals surface area contributed by atoms with Crippen LogP contribution in [0.15, 0.2) is 6.07 Å². The van der Waals surface area contributed by atoms with Crippen molar-refractivity contribution in [3.05, 3.63) is 17.2 Å². The third-order valence-corrected chi connectivity index (χ3v) is 4.44. The molecule has 1 rings (SSSR count). The molecule has 26 heavy (non-hydrogen) atoms. The minimum Gasteiger partial charge on any atom is -0.502 e. The Morgan fingerprint density at radius 2 is 1.62 bits per heavy atom. The third kappa shape index (κ3) is 7.14. The first kappa shape index (κ1) is 22.1. The van der Waals surface area contributed by atoms with Crippen molar-refractivity contribution in [2.75, 3.05) is 6.61 Å². The van der Waals surface area contributed by atoms with Gasteiger partial charge < -0.3 is 19.7 Å². The van der Waals surface area contributed by atoms with Crippen LogP contribution in [0.25, 0.3) is 0 Å². The van der Waals surface area contributed by atoms with Gasteiger partial charge in [0.2, 0.25) is 5.75 Å². The molecule has 0 saturated heterocycles. The minimum absolute atomic E-state index is 0.0348. The lowest BCUT2D eigenvalue weighted by Gasteiger charge is -2.19. The fourth-order valence-electron chi connectivity index (χ4n) is 2.96. The van der Waals surface area contributed by atoms with E-state index in [0.717, 1.165) is 75.3 Å². The number of phenolic OH excluding ortho intramolecular Hbond substituents is 1. The molecule has 5 nitrogen and oxygen atoms in total. The van der Waals surface area contributed by atoms with Gasteiger partial charge in [0.05, 0.1) is 6.61 Å². The molecule has 0 amide bonds. The Labute approximate surface area is 157 Å². The highest BCUT2D eigenvalue weighted by Gasteiger charge is 2.21. The number of benzene rings is 1. The van der Waals surface area contributed by atoms with Gasteiger partial charge in [0.25, 0.3) is 0 Å². The summed E-state index contributed by atoms with van der Waals surface area (Å²) in [6.07, 6.45) is 8.54. The summed E-state index contributed by atoms with van der Waals surface area (Å²) in [4.78, 5) is 11.0. The van der Waals surface area contributed by atoms with Gasteiger partial charge in [0.15, 0.2) is 11.5 Å². The molecule has 148 valence electrons. The van der Waals surface area contributed by atoms with Crippen LogP contribution in [0, 0.1) is 0 Å². The van der Waals surface area contributed by atoms with Gasteiger partial charge in [0, 0.05) is 5.56 Å². The first-order chi connectivity index (χ1) is 12.5. The average molecular weight is 366 g/mol. The van der Waals surface area contributed by atoms with E-state index in [0.29, 0.717) is 12.4 Å². The maximum Gasteiger partial charge on any atom is 0.511 e. The number of aromatic hydroxyl groups is 1. The Morgan fingerprint density at radius 3 is 2.23 bits per heavy atom. The van der Waals surface area contributed by atoms with Crippen LogP contribution < -0.4 is 9.47 Å². The average Bonchev–Trinajstić information content (AvgIpc) is 2.61. The van der Waals surface area contributed by atoms with Gasteiger partial charge in [-0.15, -0.1) is 0 Å². The molecule has 1 aromatic rings. The number of carbonyl (C=O) groups is 1. The molecule has 0 atom stereocenters. The molecule has 0 heterocycles. The van der Waals surface area contributed by atoms with E-state index in [1.807, 2.05) is 0 Å². The van der Waals surface area contributed by atoms with Crippen LogP contribution in [0.2, 0.25) is 0 Å². The van der Waals surface area contributed by atoms with Gasteiger partial charge in [-0.05, 0) is 43.7 Å². The summed E-state index contributed by atoms with van der Waals surface area (Å²) in [5, 5.41) is 19.5. The van der Waals surface area contributed by atoms with Crippen molar-refractivity contribution in [1.82, 2.24) is 0 Å². The van der Waals surface area contributed by atoms with Gasteiger partial charge in [0.1, 0.15) is 0 Å². The number of rotatable bonds is 13. The summed E-state index contributed by atoms with van der Waals surface area (Å²) in [5.41, 5.74) is 2.00. The molecular weight excluding hydrogens is 332 g/mol. The number of unbranched alkanes of at least 4 members (excludes halogenated alkanes) is 5. The summed E-state index contributed by atoms with van der Waals surface area (Å²) in [6, 6.07) is 1.66. The van der Waals surface area contributed by atoms with Crippen LogP contribution in [-0.4, -0.2) is 23.0 Å². The smallest absolute Gasteiger partial charge is 0.502 e. The van der Waals surface area contributed by atoms with Gasteiger partial charge >= 0.3 is 6.16 Å². The zero-order valence-electron chi connectivity index (χ0n) is 16.5. The van der Waals surface area contributed by atoms with E-state index < -0.39 is 6.16 Å². The highest BCUT2D eigenvalue weighted by Crippen LogP contribution is 2.43. The first-order valence-corrected chi connectivity index (χ1v) is 9.96. The number of phenols is 1. The molecule has 0 spiro atoms. The van der Waals surface area contributed by atoms with E-state index in [1.165, 1.54) is 0 Å². The van der Waals surface area contributed by atoms with Gasteiger partial charge in [-0.3, -0.25) is 0 Å². The normalized spacial score (nSPS) is 10.7. The standard InChI is InChI=1S/C21H34O5/c1-4-7-10-11-14-25-20-17(13-9-6-3)16(12-8-5-2)15-18(19(20)22)26-21(23)24/h15,22H,4-14H2,1-3H3,(H,23,24). The quantitative estimate of drug-likeness (QED) is 0.251. The van der Waals surface area contributed by atoms with Crippen molar-refractivity contribution in [2.45, 2.75) is 85.0 Å². The van der Waals surface area contributed by atoms with Crippen molar-refractivity contribution < 1.29 is 24.5 Å². The highest BCUT2D eigenvalue weighted by atomic mass is 16.7. The Bertz CT molecular complexity index is 554. The van der Waals surface area contributed by atoms with Crippen LogP contribution in [0.5, 0.6) is 17.2 Å². The van der Waals surface area contributed by atoms with Crippen LogP contribution >= 0.6 is 0 Å². The van der Waals surface area contributed by atoms with E-state index in [4.69, 9.17) is 14.6 Å². The second kappa shape index (κ2) is 12.4. The highest BCUT2D eigenvalue weighted by molar-refractivity contribution is 5.66. The maximum atomic E-state index is 11.0. The predicted octanol–water partition coefficient (Wildman–Crippen LogP) is 6.09. The molecule has 0 aliphatic heterocycles. The van der Waals surface area contributed by atoms with Crippen molar-refractivity contribution in [1.29, 1.82) is 0 Å². The largest absolute Gasteiger partial charge is 0.511 e. The monoisotopic (exact) mass is 366 g/mol. The van der Waals surface area contributed by atoms with Gasteiger partial charge in [-0.25, -0.2) is 4.79 Å². The summed E-state index contributed by atoms with van der Waals surface area (Å²) in [5.74, 6) is 0.168. The van der Waals surface area contributed by atoms with E-state index in [9.17, 15) is 9.90 Å². The van der Waals surface area contributed by atoms with Crippen LogP contribution in [0.3, 0.4) is 0 Å². The van der Waals surface area contributed by atoms with E-state index in [2.05, 4.69) is 20.8 Å². The summed E-state index contributed by atoms with van der Waals surface area (Å²) >= 11 is 0. The van der Waals surface area contributed by atoms with Crippen molar-refractivity contribution in [2.24, 2.45) is 0 Å². The lowest BCUT2D eigenvalue weighted by Crippen LogP contribution is -2.08. The Hall–Kier alpha value is -1.91. The topological polar surface area (TPSA) is 76.0 Å². The van der Waals surface area contributed by atoms with E-state index >= 15 is 0 Å². The fraction of sp³-hybridized carbons (Fsp3) is 0.667. The molecular formula is C21H34O5. The van der Waals surface area contributed by atoms with Crippen molar-refractivity contribution >= 4 is 6.16 Å². The fourth-order valence-corrected chi connectivity index (χ4v) is 2.96. The molecule has 0 unspecified atom stereocenters. The summed E-state index contributed by atoms with van der Waals surface area (Å²) in [7, 11) is 0. The van der Waals surface area contributed by atoms with Gasteiger partial charge in [-0.2, -0.15) is 0 Å². The molecule has 0 aliphatic carbocycles. The van der Waals surface area contributed by atoms with E-state index in [-0.39, 0.29) is 11.5 Å². The zero-order chi connectivity index (χ0) is 19.4. The third-order valence-electron chi connectivity index (χ3n) is 4.44. The maximum absolute atomic E-state index is 11.0. The molecule has 2 N–H and O–H groups in total. The summed E-state index contributed by atoms with van der Waals surface area (Å²) < 4.78 is 10.7. The first-order valence-electron chi connectivity index (χ1n) is 9.96. The second-order valence-electron chi connectivity index (χ2n) is 6.67. The SMILES string of the molecule is CCCCCCOc1c(O)c(OC(=O)O)cc(CCCC)c1CCCC. The molecule has 0 aromatic heterocycles. The molecule has 5 heteroatoms. The van der Waals surface area contributed by atoms with Crippen LogP contribution in [0.4, 0.5) is 4.79 Å². The second-order valence-corrected chi connectivity index (χ2v) is 6.67. The van der Waals surface area contributed by atoms with E-state index in [1.54, 1.807) is 6.07 Å². The summed E-state index contributed by atoms with van der Waals surface area (Å²) in [6.45, 7) is 6.91. The number of aryl methyl sites for hydroxylation is 1. The lowest BCUT2D eigenvalue weighted by molar-refractivity contribution is 0.142. The molecule has 0 aliphatic rings. The zero-order valence-corrected chi connectivity index (χ0v) is 16.5. The van der Waals surface area contributed by atoms with Gasteiger partial charge in [-0.1, -0.05) is 52.9 Å². The molecule has 0 radical (unpaired) electrons. The molecule has 0 saturated carbocycles. The number of ether oxygens (including phenoxy) is 2. The minimum atomic E-state index is -1.43. The van der Waals surface area contributed by atoms with Crippen molar-refractivity contribution in [3.63, 3.8) is 0 Å². The Kier molecular flexibility index (Phi) is 10.6. The predicted molar refractivity (Wildman–Crippen MR) is 104 cm³/mol. The molecule has 0 fully saturated rings. The van der Waals surface area contributed by atoms with Crippen LogP contribution in [0.1, 0.15) is 83.3 Å².